The van der Waals surface area contributed by atoms with Crippen molar-refractivity contribution in [2.75, 3.05) is 18.1 Å². The van der Waals surface area contributed by atoms with Crippen molar-refractivity contribution in [3.8, 4) is 0 Å². The van der Waals surface area contributed by atoms with Gasteiger partial charge in [-0.05, 0) is 43.5 Å². The molecule has 0 atom stereocenters. The molecule has 1 saturated heterocycles. The number of nitrogens with one attached hydrogen (secondary N) is 1. The lowest BCUT2D eigenvalue weighted by Crippen LogP contribution is -2.36. The SMILES string of the molecule is NS(=O)(=O)c1ccc(CCNC2CCS(=O)CC2)cc1. The first kappa shape index (κ1) is 15.6. The largest absolute Gasteiger partial charge is 0.314 e. The predicted molar refractivity (Wildman–Crippen MR) is 80.4 cm³/mol. The van der Waals surface area contributed by atoms with Gasteiger partial charge in [0.15, 0.2) is 0 Å². The van der Waals surface area contributed by atoms with E-state index >= 15 is 0 Å². The van der Waals surface area contributed by atoms with Crippen molar-refractivity contribution >= 4 is 20.8 Å². The van der Waals surface area contributed by atoms with Gasteiger partial charge in [0.05, 0.1) is 4.90 Å². The number of hydrogen-bond donors (Lipinski definition) is 2. The van der Waals surface area contributed by atoms with Gasteiger partial charge < -0.3 is 5.32 Å². The lowest BCUT2D eigenvalue weighted by molar-refractivity contribution is 0.479. The summed E-state index contributed by atoms with van der Waals surface area (Å²) in [6.45, 7) is 0.839. The van der Waals surface area contributed by atoms with Crippen molar-refractivity contribution in [1.82, 2.24) is 5.32 Å². The van der Waals surface area contributed by atoms with Gasteiger partial charge in [-0.15, -0.1) is 0 Å². The first-order valence-electron chi connectivity index (χ1n) is 6.65. The minimum Gasteiger partial charge on any atom is -0.314 e. The summed E-state index contributed by atoms with van der Waals surface area (Å²) in [7, 11) is -4.23. The summed E-state index contributed by atoms with van der Waals surface area (Å²) in [6.07, 6.45) is 2.78. The van der Waals surface area contributed by atoms with Crippen LogP contribution in [-0.2, 0) is 27.2 Å². The maximum absolute atomic E-state index is 11.2. The first-order chi connectivity index (χ1) is 9.45. The molecule has 1 aliphatic heterocycles. The highest BCUT2D eigenvalue weighted by atomic mass is 32.2. The van der Waals surface area contributed by atoms with Crippen molar-refractivity contribution in [2.24, 2.45) is 5.14 Å². The molecule has 2 rings (SSSR count). The molecule has 0 aliphatic carbocycles. The Balaban J connectivity index is 1.78. The molecule has 1 fully saturated rings. The highest BCUT2D eigenvalue weighted by Gasteiger charge is 2.16. The van der Waals surface area contributed by atoms with E-state index in [4.69, 9.17) is 5.14 Å². The lowest BCUT2D eigenvalue weighted by Gasteiger charge is -2.22. The molecule has 3 N–H and O–H groups in total. The van der Waals surface area contributed by atoms with Gasteiger partial charge >= 0.3 is 0 Å². The summed E-state index contributed by atoms with van der Waals surface area (Å²) in [5.41, 5.74) is 1.07. The molecule has 0 bridgehead atoms. The van der Waals surface area contributed by atoms with Crippen LogP contribution < -0.4 is 10.5 Å². The molecule has 5 nitrogen and oxygen atoms in total. The number of primary sulfonamides is 1. The fraction of sp³-hybridized carbons (Fsp3) is 0.538. The minimum absolute atomic E-state index is 0.143. The molecule has 0 aromatic heterocycles. The van der Waals surface area contributed by atoms with Gasteiger partial charge in [0.25, 0.3) is 0 Å². The van der Waals surface area contributed by atoms with E-state index in [1.807, 2.05) is 0 Å². The van der Waals surface area contributed by atoms with Gasteiger partial charge in [-0.25, -0.2) is 13.6 Å². The van der Waals surface area contributed by atoms with Gasteiger partial charge in [0.1, 0.15) is 0 Å². The summed E-state index contributed by atoms with van der Waals surface area (Å²) < 4.78 is 33.5. The van der Waals surface area contributed by atoms with E-state index in [0.29, 0.717) is 6.04 Å². The van der Waals surface area contributed by atoms with Crippen LogP contribution >= 0.6 is 0 Å². The topological polar surface area (TPSA) is 89.3 Å². The number of nitrogens with two attached hydrogens (primary N) is 1. The Hall–Kier alpha value is -0.760. The summed E-state index contributed by atoms with van der Waals surface area (Å²) >= 11 is 0. The number of benzene rings is 1. The van der Waals surface area contributed by atoms with Gasteiger partial charge in [0, 0.05) is 28.3 Å². The van der Waals surface area contributed by atoms with Crippen LogP contribution in [-0.4, -0.2) is 36.7 Å². The average molecular weight is 316 g/mol. The van der Waals surface area contributed by atoms with E-state index < -0.39 is 20.8 Å². The Kier molecular flexibility index (Phi) is 5.31. The third kappa shape index (κ3) is 4.66. The van der Waals surface area contributed by atoms with Crippen LogP contribution in [0.4, 0.5) is 0 Å². The molecule has 20 heavy (non-hydrogen) atoms. The van der Waals surface area contributed by atoms with Gasteiger partial charge in [-0.2, -0.15) is 0 Å². The zero-order valence-corrected chi connectivity index (χ0v) is 12.9. The second-order valence-corrected chi connectivity index (χ2v) is 8.27. The van der Waals surface area contributed by atoms with Crippen LogP contribution in [0.2, 0.25) is 0 Å². The molecule has 1 aliphatic rings. The Morgan fingerprint density at radius 3 is 2.35 bits per heavy atom. The molecule has 112 valence electrons. The van der Waals surface area contributed by atoms with Crippen LogP contribution in [0.15, 0.2) is 29.2 Å². The zero-order chi connectivity index (χ0) is 14.6. The normalized spacial score (nSPS) is 23.6. The predicted octanol–water partition coefficient (Wildman–Crippen LogP) is 0.377. The Labute approximate surface area is 122 Å². The monoisotopic (exact) mass is 316 g/mol. The fourth-order valence-corrected chi connectivity index (χ4v) is 4.08. The van der Waals surface area contributed by atoms with E-state index in [1.54, 1.807) is 12.1 Å². The van der Waals surface area contributed by atoms with Crippen LogP contribution in [0.5, 0.6) is 0 Å². The van der Waals surface area contributed by atoms with Crippen LogP contribution in [0.1, 0.15) is 18.4 Å². The average Bonchev–Trinajstić information content (AvgIpc) is 2.41. The number of rotatable bonds is 5. The summed E-state index contributed by atoms with van der Waals surface area (Å²) in [5.74, 6) is 1.58. The van der Waals surface area contributed by atoms with E-state index in [9.17, 15) is 12.6 Å². The zero-order valence-electron chi connectivity index (χ0n) is 11.2. The first-order valence-corrected chi connectivity index (χ1v) is 9.69. The third-order valence-corrected chi connectivity index (χ3v) is 5.80. The van der Waals surface area contributed by atoms with Gasteiger partial charge in [-0.3, -0.25) is 4.21 Å². The van der Waals surface area contributed by atoms with Crippen LogP contribution in [0, 0.1) is 0 Å². The van der Waals surface area contributed by atoms with Gasteiger partial charge in [-0.1, -0.05) is 12.1 Å². The van der Waals surface area contributed by atoms with Gasteiger partial charge in [0.2, 0.25) is 10.0 Å². The number of sulfonamides is 1. The maximum atomic E-state index is 11.2. The highest BCUT2D eigenvalue weighted by molar-refractivity contribution is 7.89. The Morgan fingerprint density at radius 2 is 1.80 bits per heavy atom. The van der Waals surface area contributed by atoms with Crippen molar-refractivity contribution in [3.63, 3.8) is 0 Å². The maximum Gasteiger partial charge on any atom is 0.238 e. The molecular formula is C13H20N2O3S2. The van der Waals surface area contributed by atoms with Crippen LogP contribution in [0.25, 0.3) is 0 Å². The van der Waals surface area contributed by atoms with Crippen molar-refractivity contribution in [1.29, 1.82) is 0 Å². The van der Waals surface area contributed by atoms with E-state index in [-0.39, 0.29) is 4.90 Å². The van der Waals surface area contributed by atoms with E-state index in [0.717, 1.165) is 42.9 Å². The second kappa shape index (κ2) is 6.80. The molecule has 0 unspecified atom stereocenters. The van der Waals surface area contributed by atoms with Crippen molar-refractivity contribution < 1.29 is 12.6 Å². The summed E-state index contributed by atoms with van der Waals surface area (Å²) in [6, 6.07) is 7.11. The molecule has 0 radical (unpaired) electrons. The fourth-order valence-electron chi connectivity index (χ4n) is 2.26. The molecule has 0 amide bonds. The van der Waals surface area contributed by atoms with Crippen LogP contribution in [0.3, 0.4) is 0 Å². The quantitative estimate of drug-likeness (QED) is 0.822. The molecule has 1 heterocycles. The molecular weight excluding hydrogens is 296 g/mol. The molecule has 7 heteroatoms. The van der Waals surface area contributed by atoms with Crippen molar-refractivity contribution in [3.05, 3.63) is 29.8 Å². The second-order valence-electron chi connectivity index (χ2n) is 5.02. The molecule has 1 aromatic carbocycles. The van der Waals surface area contributed by atoms with E-state index in [1.165, 1.54) is 12.1 Å². The Morgan fingerprint density at radius 1 is 1.20 bits per heavy atom. The summed E-state index contributed by atoms with van der Waals surface area (Å²) in [5, 5.41) is 8.51. The van der Waals surface area contributed by atoms with E-state index in [2.05, 4.69) is 5.32 Å². The van der Waals surface area contributed by atoms with Crippen molar-refractivity contribution in [2.45, 2.75) is 30.2 Å². The molecule has 0 saturated carbocycles. The Bertz CT molecular complexity index is 560. The minimum atomic E-state index is -3.61. The lowest BCUT2D eigenvalue weighted by atomic mass is 10.1. The number of hydrogen-bond acceptors (Lipinski definition) is 4. The molecule has 1 aromatic rings. The third-order valence-electron chi connectivity index (χ3n) is 3.49. The smallest absolute Gasteiger partial charge is 0.238 e. The standard InChI is InChI=1S/C13H20N2O3S2/c14-20(17,18)13-3-1-11(2-4-13)5-8-15-12-6-9-19(16)10-7-12/h1-4,12,15H,5-10H2,(H2,14,17,18). The summed E-state index contributed by atoms with van der Waals surface area (Å²) in [4.78, 5) is 0.143. The molecule has 0 spiro atoms. The highest BCUT2D eigenvalue weighted by Crippen LogP contribution is 2.11.